The van der Waals surface area contributed by atoms with Gasteiger partial charge in [0.2, 0.25) is 0 Å². The van der Waals surface area contributed by atoms with Crippen LogP contribution < -0.4 is 5.32 Å². The predicted molar refractivity (Wildman–Crippen MR) is 67.6 cm³/mol. The van der Waals surface area contributed by atoms with Crippen LogP contribution in [0.2, 0.25) is 0 Å². The van der Waals surface area contributed by atoms with Crippen molar-refractivity contribution in [2.75, 3.05) is 13.2 Å². The van der Waals surface area contributed by atoms with Crippen molar-refractivity contribution >= 4 is 0 Å². The van der Waals surface area contributed by atoms with E-state index in [2.05, 4.69) is 19.2 Å². The molecule has 2 fully saturated rings. The molecular weight excluding hydrogens is 198 g/mol. The molecule has 94 valence electrons. The van der Waals surface area contributed by atoms with Crippen LogP contribution in [0, 0.1) is 5.41 Å². The lowest BCUT2D eigenvalue weighted by Crippen LogP contribution is -2.34. The summed E-state index contributed by atoms with van der Waals surface area (Å²) < 4.78 is 5.68. The Labute approximate surface area is 100 Å². The number of hydrogen-bond donors (Lipinski definition) is 1. The molecule has 2 aliphatic rings. The summed E-state index contributed by atoms with van der Waals surface area (Å²) in [5.74, 6) is 0. The molecular formula is C14H27NO. The third-order valence-corrected chi connectivity index (χ3v) is 4.20. The topological polar surface area (TPSA) is 21.3 Å². The van der Waals surface area contributed by atoms with Gasteiger partial charge in [0.15, 0.2) is 0 Å². The Morgan fingerprint density at radius 3 is 2.81 bits per heavy atom. The van der Waals surface area contributed by atoms with Crippen molar-refractivity contribution in [1.82, 2.24) is 5.32 Å². The first kappa shape index (κ1) is 12.4. The van der Waals surface area contributed by atoms with Crippen molar-refractivity contribution in [2.45, 2.75) is 70.9 Å². The molecule has 0 spiro atoms. The highest BCUT2D eigenvalue weighted by Gasteiger charge is 2.41. The van der Waals surface area contributed by atoms with Gasteiger partial charge in [0.25, 0.3) is 0 Å². The summed E-state index contributed by atoms with van der Waals surface area (Å²) in [5, 5.41) is 3.72. The SMILES string of the molecule is CCCC1(CNC(C)CC2CCCO2)CC1. The van der Waals surface area contributed by atoms with E-state index < -0.39 is 0 Å². The first-order chi connectivity index (χ1) is 7.74. The van der Waals surface area contributed by atoms with E-state index in [1.54, 1.807) is 0 Å². The van der Waals surface area contributed by atoms with Crippen molar-refractivity contribution in [1.29, 1.82) is 0 Å². The van der Waals surface area contributed by atoms with Crippen LogP contribution in [0.5, 0.6) is 0 Å². The van der Waals surface area contributed by atoms with E-state index in [-0.39, 0.29) is 0 Å². The number of hydrogen-bond acceptors (Lipinski definition) is 2. The third kappa shape index (κ3) is 3.46. The van der Waals surface area contributed by atoms with Gasteiger partial charge in [-0.25, -0.2) is 0 Å². The van der Waals surface area contributed by atoms with Crippen molar-refractivity contribution in [3.8, 4) is 0 Å². The normalized spacial score (nSPS) is 29.2. The maximum atomic E-state index is 5.68. The molecule has 0 radical (unpaired) electrons. The molecule has 1 saturated heterocycles. The van der Waals surface area contributed by atoms with Crippen molar-refractivity contribution < 1.29 is 4.74 Å². The van der Waals surface area contributed by atoms with Crippen molar-refractivity contribution in [2.24, 2.45) is 5.41 Å². The van der Waals surface area contributed by atoms with E-state index in [1.165, 1.54) is 51.5 Å². The molecule has 1 aliphatic carbocycles. The van der Waals surface area contributed by atoms with Crippen LogP contribution in [0.1, 0.15) is 58.8 Å². The molecule has 2 atom stereocenters. The Kier molecular flexibility index (Phi) is 4.26. The molecule has 1 aliphatic heterocycles. The second kappa shape index (κ2) is 5.50. The van der Waals surface area contributed by atoms with Gasteiger partial charge < -0.3 is 10.1 Å². The molecule has 2 nitrogen and oxygen atoms in total. The van der Waals surface area contributed by atoms with Crippen LogP contribution in [-0.2, 0) is 4.74 Å². The fourth-order valence-electron chi connectivity index (χ4n) is 2.92. The molecule has 1 saturated carbocycles. The van der Waals surface area contributed by atoms with Crippen LogP contribution in [-0.4, -0.2) is 25.3 Å². The van der Waals surface area contributed by atoms with Gasteiger partial charge in [-0.05, 0) is 50.9 Å². The van der Waals surface area contributed by atoms with Crippen LogP contribution in [0.15, 0.2) is 0 Å². The number of nitrogens with one attached hydrogen (secondary N) is 1. The van der Waals surface area contributed by atoms with Crippen LogP contribution in [0.25, 0.3) is 0 Å². The first-order valence-electron chi connectivity index (χ1n) is 7.09. The zero-order chi connectivity index (χ0) is 11.4. The minimum Gasteiger partial charge on any atom is -0.378 e. The van der Waals surface area contributed by atoms with Crippen LogP contribution in [0.4, 0.5) is 0 Å². The smallest absolute Gasteiger partial charge is 0.0590 e. The van der Waals surface area contributed by atoms with Gasteiger partial charge in [-0.15, -0.1) is 0 Å². The molecule has 1 heterocycles. The van der Waals surface area contributed by atoms with Gasteiger partial charge in [0.05, 0.1) is 6.10 Å². The zero-order valence-corrected chi connectivity index (χ0v) is 10.9. The van der Waals surface area contributed by atoms with Gasteiger partial charge in [-0.1, -0.05) is 13.3 Å². The average Bonchev–Trinajstić information content (AvgIpc) is 2.83. The molecule has 1 N–H and O–H groups in total. The fraction of sp³-hybridized carbons (Fsp3) is 1.00. The predicted octanol–water partition coefficient (Wildman–Crippen LogP) is 3.11. The highest BCUT2D eigenvalue weighted by molar-refractivity contribution is 4.94. The first-order valence-corrected chi connectivity index (χ1v) is 7.09. The Hall–Kier alpha value is -0.0800. The average molecular weight is 225 g/mol. The highest BCUT2D eigenvalue weighted by atomic mass is 16.5. The van der Waals surface area contributed by atoms with E-state index in [4.69, 9.17) is 4.74 Å². The summed E-state index contributed by atoms with van der Waals surface area (Å²) in [4.78, 5) is 0. The minimum atomic E-state index is 0.531. The molecule has 0 bridgehead atoms. The van der Waals surface area contributed by atoms with E-state index >= 15 is 0 Å². The molecule has 2 unspecified atom stereocenters. The molecule has 2 rings (SSSR count). The lowest BCUT2D eigenvalue weighted by molar-refractivity contribution is 0.0956. The summed E-state index contributed by atoms with van der Waals surface area (Å²) in [6, 6.07) is 0.623. The van der Waals surface area contributed by atoms with E-state index in [9.17, 15) is 0 Å². The maximum absolute atomic E-state index is 5.68. The van der Waals surface area contributed by atoms with E-state index in [0.29, 0.717) is 17.6 Å². The number of ether oxygens (including phenoxy) is 1. The van der Waals surface area contributed by atoms with E-state index in [0.717, 1.165) is 6.61 Å². The Balaban J connectivity index is 1.61. The summed E-state index contributed by atoms with van der Waals surface area (Å²) >= 11 is 0. The van der Waals surface area contributed by atoms with Crippen LogP contribution in [0.3, 0.4) is 0 Å². The highest BCUT2D eigenvalue weighted by Crippen LogP contribution is 2.49. The van der Waals surface area contributed by atoms with Crippen molar-refractivity contribution in [3.05, 3.63) is 0 Å². The molecule has 0 aromatic rings. The second-order valence-electron chi connectivity index (χ2n) is 5.90. The summed E-state index contributed by atoms with van der Waals surface area (Å²) in [6.07, 6.45) is 9.89. The van der Waals surface area contributed by atoms with Gasteiger partial charge in [-0.2, -0.15) is 0 Å². The lowest BCUT2D eigenvalue weighted by atomic mass is 10.00. The zero-order valence-electron chi connectivity index (χ0n) is 10.9. The van der Waals surface area contributed by atoms with Gasteiger partial charge >= 0.3 is 0 Å². The van der Waals surface area contributed by atoms with E-state index in [1.807, 2.05) is 0 Å². The van der Waals surface area contributed by atoms with Gasteiger partial charge in [-0.3, -0.25) is 0 Å². The Morgan fingerprint density at radius 2 is 2.25 bits per heavy atom. The molecule has 16 heavy (non-hydrogen) atoms. The number of rotatable bonds is 7. The van der Waals surface area contributed by atoms with Gasteiger partial charge in [0.1, 0.15) is 0 Å². The fourth-order valence-corrected chi connectivity index (χ4v) is 2.92. The third-order valence-electron chi connectivity index (χ3n) is 4.20. The second-order valence-corrected chi connectivity index (χ2v) is 5.90. The quantitative estimate of drug-likeness (QED) is 0.719. The molecule has 2 heteroatoms. The summed E-state index contributed by atoms with van der Waals surface area (Å²) in [7, 11) is 0. The minimum absolute atomic E-state index is 0.531. The monoisotopic (exact) mass is 225 g/mol. The largest absolute Gasteiger partial charge is 0.378 e. The lowest BCUT2D eigenvalue weighted by Gasteiger charge is -2.21. The molecule has 0 aromatic heterocycles. The molecule has 0 aromatic carbocycles. The van der Waals surface area contributed by atoms with Crippen molar-refractivity contribution in [3.63, 3.8) is 0 Å². The summed E-state index contributed by atoms with van der Waals surface area (Å²) in [6.45, 7) is 6.82. The van der Waals surface area contributed by atoms with Crippen LogP contribution >= 0.6 is 0 Å². The maximum Gasteiger partial charge on any atom is 0.0590 e. The Bertz CT molecular complexity index is 207. The molecule has 0 amide bonds. The standard InChI is InChI=1S/C14H27NO/c1-3-6-14(7-8-14)11-15-12(2)10-13-5-4-9-16-13/h12-13,15H,3-11H2,1-2H3. The Morgan fingerprint density at radius 1 is 1.44 bits per heavy atom. The summed E-state index contributed by atoms with van der Waals surface area (Å²) in [5.41, 5.74) is 0.680. The van der Waals surface area contributed by atoms with Gasteiger partial charge in [0, 0.05) is 19.2 Å².